The van der Waals surface area contributed by atoms with E-state index in [1.807, 2.05) is 0 Å². The minimum Gasteiger partial charge on any atom is -0.381 e. The standard InChI is InChI=1S/C3H7F2N3/c1-3(4,5)2(6)8-7/h7H2,1H3,(H2,6,8). The number of hydrogen-bond donors (Lipinski definition) is 2. The molecule has 0 fully saturated rings. The van der Waals surface area contributed by atoms with Gasteiger partial charge in [-0.1, -0.05) is 0 Å². The van der Waals surface area contributed by atoms with Crippen LogP contribution in [-0.2, 0) is 0 Å². The van der Waals surface area contributed by atoms with Crippen molar-refractivity contribution in [3.05, 3.63) is 0 Å². The number of hydrazone groups is 1. The van der Waals surface area contributed by atoms with Crippen molar-refractivity contribution in [3.8, 4) is 0 Å². The Kier molecular flexibility index (Phi) is 1.72. The summed E-state index contributed by atoms with van der Waals surface area (Å²) in [4.78, 5) is 0. The van der Waals surface area contributed by atoms with Gasteiger partial charge in [-0.05, 0) is 0 Å². The lowest BCUT2D eigenvalue weighted by Gasteiger charge is -2.05. The predicted molar refractivity (Wildman–Crippen MR) is 26.4 cm³/mol. The minimum atomic E-state index is -3.09. The van der Waals surface area contributed by atoms with Crippen LogP contribution in [0.1, 0.15) is 6.92 Å². The van der Waals surface area contributed by atoms with Crippen molar-refractivity contribution < 1.29 is 8.78 Å². The predicted octanol–water partition coefficient (Wildman–Crippen LogP) is -0.127. The van der Waals surface area contributed by atoms with Crippen LogP contribution in [0.15, 0.2) is 5.10 Å². The largest absolute Gasteiger partial charge is 0.381 e. The molecular formula is C3H7F2N3. The molecule has 0 unspecified atom stereocenters. The van der Waals surface area contributed by atoms with Crippen LogP contribution in [0.3, 0.4) is 0 Å². The lowest BCUT2D eigenvalue weighted by atomic mass is 10.4. The second-order valence-electron chi connectivity index (χ2n) is 1.40. The Labute approximate surface area is 45.3 Å². The summed E-state index contributed by atoms with van der Waals surface area (Å²) in [6, 6.07) is 0. The van der Waals surface area contributed by atoms with Gasteiger partial charge in [0.15, 0.2) is 5.84 Å². The van der Waals surface area contributed by atoms with E-state index in [1.54, 1.807) is 0 Å². The molecule has 8 heavy (non-hydrogen) atoms. The molecule has 48 valence electrons. The number of nitrogens with zero attached hydrogens (tertiary/aromatic N) is 1. The molecule has 0 aromatic heterocycles. The molecule has 0 aliphatic rings. The second-order valence-corrected chi connectivity index (χ2v) is 1.40. The lowest BCUT2D eigenvalue weighted by Crippen LogP contribution is -2.33. The molecule has 3 nitrogen and oxygen atoms in total. The first-order valence-electron chi connectivity index (χ1n) is 1.90. The topological polar surface area (TPSA) is 64.4 Å². The Bertz CT molecular complexity index is 104. The highest BCUT2D eigenvalue weighted by Gasteiger charge is 2.26. The minimum absolute atomic E-state index is 0.624. The summed E-state index contributed by atoms with van der Waals surface area (Å²) in [5.41, 5.74) is 4.62. The molecule has 0 saturated heterocycles. The van der Waals surface area contributed by atoms with Gasteiger partial charge in [-0.15, -0.1) is 0 Å². The van der Waals surface area contributed by atoms with Crippen LogP contribution in [0.4, 0.5) is 8.78 Å². The van der Waals surface area contributed by atoms with Gasteiger partial charge in [0.1, 0.15) is 0 Å². The Balaban J connectivity index is 4.03. The van der Waals surface area contributed by atoms with E-state index in [0.717, 1.165) is 0 Å². The fourth-order valence-electron chi connectivity index (χ4n) is 0.113. The third kappa shape index (κ3) is 1.72. The number of amidine groups is 1. The summed E-state index contributed by atoms with van der Waals surface area (Å²) in [7, 11) is 0. The van der Waals surface area contributed by atoms with E-state index < -0.39 is 11.8 Å². The first-order chi connectivity index (χ1) is 3.48. The molecule has 0 spiro atoms. The smallest absolute Gasteiger partial charge is 0.303 e. The number of rotatable bonds is 1. The third-order valence-electron chi connectivity index (χ3n) is 0.589. The van der Waals surface area contributed by atoms with Crippen molar-refractivity contribution in [1.29, 1.82) is 0 Å². The van der Waals surface area contributed by atoms with Gasteiger partial charge in [-0.3, -0.25) is 0 Å². The quantitative estimate of drug-likeness (QED) is 0.221. The van der Waals surface area contributed by atoms with Crippen molar-refractivity contribution in [3.63, 3.8) is 0 Å². The van der Waals surface area contributed by atoms with Gasteiger partial charge in [0, 0.05) is 6.92 Å². The SMILES string of the molecule is CC(F)(F)C(N)=NN. The molecule has 0 saturated carbocycles. The maximum atomic E-state index is 11.8. The Hall–Kier alpha value is -0.870. The van der Waals surface area contributed by atoms with Crippen LogP contribution in [0.5, 0.6) is 0 Å². The summed E-state index contributed by atoms with van der Waals surface area (Å²) in [6.45, 7) is 0.624. The van der Waals surface area contributed by atoms with Gasteiger partial charge in [-0.25, -0.2) is 0 Å². The van der Waals surface area contributed by atoms with Gasteiger partial charge >= 0.3 is 5.92 Å². The summed E-state index contributed by atoms with van der Waals surface area (Å²) in [5.74, 6) is 0.503. The molecule has 0 radical (unpaired) electrons. The van der Waals surface area contributed by atoms with Crippen LogP contribution in [0.2, 0.25) is 0 Å². The highest BCUT2D eigenvalue weighted by atomic mass is 19.3. The zero-order chi connectivity index (χ0) is 6.78. The number of halogens is 2. The number of hydrogen-bond acceptors (Lipinski definition) is 2. The molecule has 0 aromatic rings. The third-order valence-corrected chi connectivity index (χ3v) is 0.589. The van der Waals surface area contributed by atoms with Crippen molar-refractivity contribution in [2.75, 3.05) is 0 Å². The molecule has 0 aliphatic carbocycles. The Morgan fingerprint density at radius 3 is 2.00 bits per heavy atom. The summed E-state index contributed by atoms with van der Waals surface area (Å²) in [5, 5.41) is 2.60. The Morgan fingerprint density at radius 2 is 2.00 bits per heavy atom. The van der Waals surface area contributed by atoms with Gasteiger partial charge in [-0.2, -0.15) is 13.9 Å². The van der Waals surface area contributed by atoms with E-state index in [2.05, 4.69) is 16.7 Å². The zero-order valence-electron chi connectivity index (χ0n) is 4.36. The summed E-state index contributed by atoms with van der Waals surface area (Å²) >= 11 is 0. The van der Waals surface area contributed by atoms with Crippen molar-refractivity contribution in [1.82, 2.24) is 0 Å². The van der Waals surface area contributed by atoms with Crippen LogP contribution in [0, 0.1) is 0 Å². The van der Waals surface area contributed by atoms with E-state index in [0.29, 0.717) is 6.92 Å². The van der Waals surface area contributed by atoms with E-state index >= 15 is 0 Å². The van der Waals surface area contributed by atoms with Crippen LogP contribution < -0.4 is 11.6 Å². The van der Waals surface area contributed by atoms with Crippen molar-refractivity contribution >= 4 is 5.84 Å². The van der Waals surface area contributed by atoms with Crippen LogP contribution in [0.25, 0.3) is 0 Å². The molecule has 0 bridgehead atoms. The highest BCUT2D eigenvalue weighted by Crippen LogP contribution is 2.09. The van der Waals surface area contributed by atoms with Crippen molar-refractivity contribution in [2.45, 2.75) is 12.8 Å². The summed E-state index contributed by atoms with van der Waals surface area (Å²) in [6.07, 6.45) is 0. The molecule has 4 N–H and O–H groups in total. The maximum absolute atomic E-state index is 11.8. The molecule has 0 atom stereocenters. The molecule has 0 rings (SSSR count). The fraction of sp³-hybridized carbons (Fsp3) is 0.667. The van der Waals surface area contributed by atoms with Gasteiger partial charge < -0.3 is 11.6 Å². The number of nitrogens with two attached hydrogens (primary N) is 2. The van der Waals surface area contributed by atoms with Crippen LogP contribution in [-0.4, -0.2) is 11.8 Å². The van der Waals surface area contributed by atoms with Crippen molar-refractivity contribution in [2.24, 2.45) is 16.7 Å². The van der Waals surface area contributed by atoms with E-state index in [4.69, 9.17) is 0 Å². The van der Waals surface area contributed by atoms with E-state index in [-0.39, 0.29) is 0 Å². The second kappa shape index (κ2) is 1.94. The maximum Gasteiger partial charge on any atom is 0.303 e. The summed E-state index contributed by atoms with van der Waals surface area (Å²) < 4.78 is 23.6. The first-order valence-corrected chi connectivity index (χ1v) is 1.90. The monoisotopic (exact) mass is 123 g/mol. The average Bonchev–Trinajstić information content (AvgIpc) is 1.62. The molecule has 0 aromatic carbocycles. The van der Waals surface area contributed by atoms with E-state index in [9.17, 15) is 8.78 Å². The lowest BCUT2D eigenvalue weighted by molar-refractivity contribution is 0.0986. The van der Waals surface area contributed by atoms with Gasteiger partial charge in [0.05, 0.1) is 0 Å². The average molecular weight is 123 g/mol. The highest BCUT2D eigenvalue weighted by molar-refractivity contribution is 5.86. The van der Waals surface area contributed by atoms with Gasteiger partial charge in [0.2, 0.25) is 0 Å². The molecule has 0 amide bonds. The fourth-order valence-corrected chi connectivity index (χ4v) is 0.113. The van der Waals surface area contributed by atoms with E-state index in [1.165, 1.54) is 0 Å². The van der Waals surface area contributed by atoms with Crippen LogP contribution >= 0.6 is 0 Å². The molecule has 5 heteroatoms. The molecule has 0 aliphatic heterocycles. The molecule has 0 heterocycles. The normalized spacial score (nSPS) is 14.1. The van der Waals surface area contributed by atoms with Gasteiger partial charge in [0.25, 0.3) is 0 Å². The zero-order valence-corrected chi connectivity index (χ0v) is 4.36. The first kappa shape index (κ1) is 7.13. The number of alkyl halides is 2. The molecular weight excluding hydrogens is 116 g/mol. The Morgan fingerprint density at radius 1 is 1.62 bits per heavy atom.